The number of nitrogens with one attached hydrogen (secondary N) is 1. The molecule has 0 unspecified atom stereocenters. The van der Waals surface area contributed by atoms with Crippen LogP contribution in [0.5, 0.6) is 5.75 Å². The van der Waals surface area contributed by atoms with E-state index < -0.39 is 17.8 Å². The SMILES string of the molecule is CCCCOC(=O)c1ccc(N2C(=O)C(Nc3cccc(OC)c3)=C(Sc3ccc(C)cc3)C2=O)cc1. The summed E-state index contributed by atoms with van der Waals surface area (Å²) in [4.78, 5) is 41.6. The molecule has 2 amide bonds. The first-order valence-corrected chi connectivity index (χ1v) is 12.8. The van der Waals surface area contributed by atoms with E-state index in [-0.39, 0.29) is 10.6 Å². The molecule has 0 saturated heterocycles. The largest absolute Gasteiger partial charge is 0.497 e. The number of nitrogens with zero attached hydrogens (tertiary/aromatic N) is 1. The molecule has 0 aromatic heterocycles. The number of carbonyl (C=O) groups is 3. The predicted octanol–water partition coefficient (Wildman–Crippen LogP) is 5.95. The van der Waals surface area contributed by atoms with E-state index in [2.05, 4.69) is 5.32 Å². The molecule has 8 heteroatoms. The van der Waals surface area contributed by atoms with Crippen LogP contribution < -0.4 is 15.0 Å². The molecule has 0 spiro atoms. The number of aryl methyl sites for hydroxylation is 1. The molecular formula is C29H28N2O5S. The summed E-state index contributed by atoms with van der Waals surface area (Å²) in [6.07, 6.45) is 1.71. The number of carbonyl (C=O) groups excluding carboxylic acids is 3. The Morgan fingerprint density at radius 3 is 2.38 bits per heavy atom. The van der Waals surface area contributed by atoms with Crippen LogP contribution in [0.4, 0.5) is 11.4 Å². The number of amides is 2. The Hall–Kier alpha value is -4.04. The van der Waals surface area contributed by atoms with Gasteiger partial charge in [0.1, 0.15) is 16.4 Å². The van der Waals surface area contributed by atoms with Crippen molar-refractivity contribution >= 4 is 40.9 Å². The first-order valence-electron chi connectivity index (χ1n) is 12.0. The van der Waals surface area contributed by atoms with Crippen LogP contribution in [0, 0.1) is 6.92 Å². The zero-order valence-corrected chi connectivity index (χ0v) is 21.8. The summed E-state index contributed by atoms with van der Waals surface area (Å²) in [5, 5.41) is 3.13. The van der Waals surface area contributed by atoms with Crippen LogP contribution >= 0.6 is 11.8 Å². The molecule has 1 aliphatic heterocycles. The number of methoxy groups -OCH3 is 1. The zero-order chi connectivity index (χ0) is 26.4. The second kappa shape index (κ2) is 11.8. The average Bonchev–Trinajstić information content (AvgIpc) is 3.14. The molecule has 4 rings (SSSR count). The maximum atomic E-state index is 13.6. The fourth-order valence-electron chi connectivity index (χ4n) is 3.66. The Kier molecular flexibility index (Phi) is 8.30. The Labute approximate surface area is 220 Å². The lowest BCUT2D eigenvalue weighted by Gasteiger charge is -2.16. The molecule has 0 atom stereocenters. The van der Waals surface area contributed by atoms with E-state index in [1.807, 2.05) is 38.1 Å². The van der Waals surface area contributed by atoms with E-state index in [4.69, 9.17) is 9.47 Å². The molecule has 7 nitrogen and oxygen atoms in total. The molecule has 0 aliphatic carbocycles. The highest BCUT2D eigenvalue weighted by molar-refractivity contribution is 8.04. The molecule has 3 aromatic rings. The lowest BCUT2D eigenvalue weighted by Crippen LogP contribution is -2.32. The van der Waals surface area contributed by atoms with Crippen LogP contribution in [0.15, 0.2) is 88.3 Å². The third kappa shape index (κ3) is 6.03. The van der Waals surface area contributed by atoms with Gasteiger partial charge in [-0.25, -0.2) is 9.69 Å². The van der Waals surface area contributed by atoms with Crippen LogP contribution in [0.25, 0.3) is 0 Å². The van der Waals surface area contributed by atoms with Crippen molar-refractivity contribution in [3.05, 3.63) is 94.5 Å². The minimum Gasteiger partial charge on any atom is -0.497 e. The molecule has 1 heterocycles. The maximum Gasteiger partial charge on any atom is 0.338 e. The molecule has 0 saturated carbocycles. The van der Waals surface area contributed by atoms with Crippen LogP contribution in [-0.4, -0.2) is 31.5 Å². The number of unbranched alkanes of at least 4 members (excludes halogenated alkanes) is 1. The van der Waals surface area contributed by atoms with Crippen LogP contribution in [0.1, 0.15) is 35.7 Å². The van der Waals surface area contributed by atoms with E-state index in [9.17, 15) is 14.4 Å². The van der Waals surface area contributed by atoms with Gasteiger partial charge in [0.15, 0.2) is 0 Å². The number of imide groups is 1. The van der Waals surface area contributed by atoms with Crippen LogP contribution in [-0.2, 0) is 14.3 Å². The van der Waals surface area contributed by atoms with Crippen molar-refractivity contribution < 1.29 is 23.9 Å². The summed E-state index contributed by atoms with van der Waals surface area (Å²) in [5.74, 6) is -0.749. The van der Waals surface area contributed by atoms with Gasteiger partial charge in [0.25, 0.3) is 11.8 Å². The van der Waals surface area contributed by atoms with E-state index in [1.54, 1.807) is 55.6 Å². The first-order chi connectivity index (χ1) is 17.9. The number of ether oxygens (including phenoxy) is 2. The summed E-state index contributed by atoms with van der Waals surface area (Å²) >= 11 is 1.23. The first kappa shape index (κ1) is 26.0. The van der Waals surface area contributed by atoms with E-state index in [1.165, 1.54) is 11.8 Å². The molecule has 1 aliphatic rings. The molecule has 0 fully saturated rings. The number of rotatable bonds is 10. The van der Waals surface area contributed by atoms with Gasteiger partial charge >= 0.3 is 5.97 Å². The quantitative estimate of drug-likeness (QED) is 0.202. The molecule has 0 bridgehead atoms. The Morgan fingerprint density at radius 1 is 0.973 bits per heavy atom. The van der Waals surface area contributed by atoms with Crippen molar-refractivity contribution in [3.8, 4) is 5.75 Å². The molecule has 190 valence electrons. The van der Waals surface area contributed by atoms with Crippen molar-refractivity contribution in [1.29, 1.82) is 0 Å². The Balaban J connectivity index is 1.63. The van der Waals surface area contributed by atoms with Gasteiger partial charge in [-0.05, 0) is 61.9 Å². The summed E-state index contributed by atoms with van der Waals surface area (Å²) < 4.78 is 10.5. The van der Waals surface area contributed by atoms with Gasteiger partial charge in [-0.1, -0.05) is 48.9 Å². The second-order valence-electron chi connectivity index (χ2n) is 8.46. The molecule has 37 heavy (non-hydrogen) atoms. The lowest BCUT2D eigenvalue weighted by atomic mass is 10.2. The molecule has 1 N–H and O–H groups in total. The zero-order valence-electron chi connectivity index (χ0n) is 20.9. The number of thioether (sulfide) groups is 1. The van der Waals surface area contributed by atoms with Crippen LogP contribution in [0.2, 0.25) is 0 Å². The number of benzene rings is 3. The van der Waals surface area contributed by atoms with Crippen molar-refractivity contribution in [2.45, 2.75) is 31.6 Å². The van der Waals surface area contributed by atoms with Gasteiger partial charge in [-0.15, -0.1) is 0 Å². The fraction of sp³-hybridized carbons (Fsp3) is 0.207. The van der Waals surface area contributed by atoms with Gasteiger partial charge in [0, 0.05) is 16.6 Å². The summed E-state index contributed by atoms with van der Waals surface area (Å²) in [5.41, 5.74) is 2.61. The van der Waals surface area contributed by atoms with Gasteiger partial charge < -0.3 is 14.8 Å². The Morgan fingerprint density at radius 2 is 1.70 bits per heavy atom. The average molecular weight is 517 g/mol. The predicted molar refractivity (Wildman–Crippen MR) is 145 cm³/mol. The third-order valence-electron chi connectivity index (χ3n) is 5.71. The van der Waals surface area contributed by atoms with Crippen molar-refractivity contribution in [1.82, 2.24) is 0 Å². The number of esters is 1. The smallest absolute Gasteiger partial charge is 0.338 e. The highest BCUT2D eigenvalue weighted by atomic mass is 32.2. The fourth-order valence-corrected chi connectivity index (χ4v) is 4.58. The normalized spacial score (nSPS) is 13.2. The summed E-state index contributed by atoms with van der Waals surface area (Å²) in [6, 6.07) is 21.1. The number of hydrogen-bond donors (Lipinski definition) is 1. The van der Waals surface area contributed by atoms with Gasteiger partial charge in [0.05, 0.1) is 25.0 Å². The maximum absolute atomic E-state index is 13.6. The van der Waals surface area contributed by atoms with E-state index in [0.717, 1.165) is 28.2 Å². The second-order valence-corrected chi connectivity index (χ2v) is 9.54. The molecule has 0 radical (unpaired) electrons. The highest BCUT2D eigenvalue weighted by Gasteiger charge is 2.40. The Bertz CT molecular complexity index is 1330. The van der Waals surface area contributed by atoms with Gasteiger partial charge in [-0.2, -0.15) is 0 Å². The van der Waals surface area contributed by atoms with Crippen molar-refractivity contribution in [2.24, 2.45) is 0 Å². The molecular weight excluding hydrogens is 488 g/mol. The molecule has 3 aromatic carbocycles. The number of hydrogen-bond acceptors (Lipinski definition) is 7. The minimum atomic E-state index is -0.485. The van der Waals surface area contributed by atoms with Gasteiger partial charge in [0.2, 0.25) is 0 Å². The minimum absolute atomic E-state index is 0.173. The standard InChI is InChI=1S/C29H28N2O5S/c1-4-5-17-36-29(34)20-11-13-22(14-12-20)31-27(32)25(30-21-7-6-8-23(18-21)35-3)26(28(31)33)37-24-15-9-19(2)10-16-24/h6-16,18,30H,4-5,17H2,1-3H3. The van der Waals surface area contributed by atoms with E-state index in [0.29, 0.717) is 29.3 Å². The van der Waals surface area contributed by atoms with Gasteiger partial charge in [-0.3, -0.25) is 9.59 Å². The monoisotopic (exact) mass is 516 g/mol. The summed E-state index contributed by atoms with van der Waals surface area (Å²) in [7, 11) is 1.56. The van der Waals surface area contributed by atoms with Crippen molar-refractivity contribution in [3.63, 3.8) is 0 Å². The van der Waals surface area contributed by atoms with Crippen LogP contribution in [0.3, 0.4) is 0 Å². The summed E-state index contributed by atoms with van der Waals surface area (Å²) in [6.45, 7) is 4.35. The highest BCUT2D eigenvalue weighted by Crippen LogP contribution is 2.38. The lowest BCUT2D eigenvalue weighted by molar-refractivity contribution is -0.120. The third-order valence-corrected chi connectivity index (χ3v) is 6.80. The number of anilines is 2. The van der Waals surface area contributed by atoms with Crippen molar-refractivity contribution in [2.75, 3.05) is 23.9 Å². The van der Waals surface area contributed by atoms with E-state index >= 15 is 0 Å². The topological polar surface area (TPSA) is 84.9 Å².